The van der Waals surface area contributed by atoms with Gasteiger partial charge in [-0.1, -0.05) is 19.8 Å². The van der Waals surface area contributed by atoms with E-state index in [4.69, 9.17) is 9.68 Å². The zero-order chi connectivity index (χ0) is 12.0. The van der Waals surface area contributed by atoms with Gasteiger partial charge in [0.2, 0.25) is 0 Å². The maximum absolute atomic E-state index is 11.5. The first-order valence-electron chi connectivity index (χ1n) is 5.34. The number of unbranched alkanes of at least 4 members (excludes halogenated alkanes) is 2. The number of hydrogen-bond acceptors (Lipinski definition) is 4. The average Bonchev–Trinajstić information content (AvgIpc) is 2.28. The molecule has 0 N–H and O–H groups in total. The van der Waals surface area contributed by atoms with E-state index in [9.17, 15) is 4.79 Å². The summed E-state index contributed by atoms with van der Waals surface area (Å²) in [5, 5.41) is 8.81. The highest BCUT2D eigenvalue weighted by Gasteiger charge is 2.10. The van der Waals surface area contributed by atoms with Gasteiger partial charge in [-0.25, -0.2) is 4.79 Å². The molecule has 0 atom stereocenters. The Balaban J connectivity index is 2.94. The van der Waals surface area contributed by atoms with Gasteiger partial charge >= 0.3 is 5.63 Å². The van der Waals surface area contributed by atoms with Gasteiger partial charge in [-0.05, 0) is 18.7 Å². The second-order valence-corrected chi connectivity index (χ2v) is 4.36. The number of nitrogens with zero attached hydrogens (tertiary/aromatic N) is 1. The van der Waals surface area contributed by atoms with Crippen LogP contribution in [-0.4, -0.2) is 6.26 Å². The van der Waals surface area contributed by atoms with Crippen LogP contribution in [0.4, 0.5) is 0 Å². The lowest BCUT2D eigenvalue weighted by Gasteiger charge is -2.03. The molecular formula is C12H15NO2S. The van der Waals surface area contributed by atoms with Gasteiger partial charge in [0.15, 0.2) is 5.56 Å². The van der Waals surface area contributed by atoms with Crippen molar-refractivity contribution in [1.82, 2.24) is 0 Å². The Morgan fingerprint density at radius 1 is 1.50 bits per heavy atom. The van der Waals surface area contributed by atoms with Crippen LogP contribution in [0.2, 0.25) is 0 Å². The van der Waals surface area contributed by atoms with Gasteiger partial charge in [0.1, 0.15) is 11.8 Å². The van der Waals surface area contributed by atoms with Gasteiger partial charge in [-0.2, -0.15) is 5.26 Å². The minimum absolute atomic E-state index is 0.117. The van der Waals surface area contributed by atoms with E-state index in [2.05, 4.69) is 6.92 Å². The Labute approximate surface area is 99.5 Å². The Morgan fingerprint density at radius 3 is 2.81 bits per heavy atom. The third-order valence-corrected chi connectivity index (χ3v) is 3.09. The molecule has 0 aromatic carbocycles. The smallest absolute Gasteiger partial charge is 0.355 e. The van der Waals surface area contributed by atoms with Crippen molar-refractivity contribution in [1.29, 1.82) is 5.26 Å². The van der Waals surface area contributed by atoms with E-state index in [0.717, 1.165) is 25.7 Å². The predicted molar refractivity (Wildman–Crippen MR) is 64.7 cm³/mol. The zero-order valence-corrected chi connectivity index (χ0v) is 10.4. The molecule has 0 aliphatic rings. The van der Waals surface area contributed by atoms with E-state index in [1.807, 2.05) is 12.3 Å². The van der Waals surface area contributed by atoms with Crippen molar-refractivity contribution in [2.24, 2.45) is 0 Å². The highest BCUT2D eigenvalue weighted by molar-refractivity contribution is 7.98. The van der Waals surface area contributed by atoms with Crippen molar-refractivity contribution >= 4 is 11.8 Å². The first kappa shape index (κ1) is 12.9. The summed E-state index contributed by atoms with van der Waals surface area (Å²) in [6.45, 7) is 2.13. The molecule has 0 radical (unpaired) electrons. The van der Waals surface area contributed by atoms with Gasteiger partial charge in [0, 0.05) is 11.3 Å². The standard InChI is InChI=1S/C12H15NO2S/c1-3-4-5-6-9-7-11(16-2)10(8-13)12(14)15-9/h7H,3-6H2,1-2H3. The number of thioether (sulfide) groups is 1. The highest BCUT2D eigenvalue weighted by atomic mass is 32.2. The van der Waals surface area contributed by atoms with Gasteiger partial charge in [-0.15, -0.1) is 11.8 Å². The first-order valence-corrected chi connectivity index (χ1v) is 6.56. The summed E-state index contributed by atoms with van der Waals surface area (Å²) < 4.78 is 5.10. The molecule has 1 aromatic rings. The summed E-state index contributed by atoms with van der Waals surface area (Å²) in [4.78, 5) is 12.2. The Bertz CT molecular complexity index is 445. The lowest BCUT2D eigenvalue weighted by Crippen LogP contribution is -2.07. The Morgan fingerprint density at radius 2 is 2.25 bits per heavy atom. The molecule has 0 saturated carbocycles. The molecule has 0 spiro atoms. The molecular weight excluding hydrogens is 222 g/mol. The fourth-order valence-corrected chi connectivity index (χ4v) is 2.04. The maximum Gasteiger partial charge on any atom is 0.355 e. The van der Waals surface area contributed by atoms with Crippen LogP contribution in [-0.2, 0) is 6.42 Å². The van der Waals surface area contributed by atoms with Crippen LogP contribution < -0.4 is 5.63 Å². The van der Waals surface area contributed by atoms with Crippen LogP contribution in [0.3, 0.4) is 0 Å². The van der Waals surface area contributed by atoms with E-state index >= 15 is 0 Å². The fraction of sp³-hybridized carbons (Fsp3) is 0.500. The quantitative estimate of drug-likeness (QED) is 0.583. The lowest BCUT2D eigenvalue weighted by molar-refractivity contribution is 0.444. The number of nitriles is 1. The molecule has 0 saturated heterocycles. The van der Waals surface area contributed by atoms with Crippen molar-refractivity contribution < 1.29 is 4.42 Å². The second-order valence-electron chi connectivity index (χ2n) is 3.51. The molecule has 86 valence electrons. The van der Waals surface area contributed by atoms with E-state index in [1.54, 1.807) is 6.07 Å². The second kappa shape index (κ2) is 6.39. The SMILES string of the molecule is CCCCCc1cc(SC)c(C#N)c(=O)o1. The maximum atomic E-state index is 11.5. The van der Waals surface area contributed by atoms with Crippen LogP contribution in [0.25, 0.3) is 0 Å². The van der Waals surface area contributed by atoms with Crippen LogP contribution in [0.1, 0.15) is 37.5 Å². The minimum atomic E-state index is -0.513. The molecule has 3 nitrogen and oxygen atoms in total. The third-order valence-electron chi connectivity index (χ3n) is 2.32. The number of hydrogen-bond donors (Lipinski definition) is 0. The predicted octanol–water partition coefficient (Wildman–Crippen LogP) is 2.97. The molecule has 4 heteroatoms. The van der Waals surface area contributed by atoms with E-state index < -0.39 is 5.63 Å². The van der Waals surface area contributed by atoms with Gasteiger partial charge < -0.3 is 4.42 Å². The van der Waals surface area contributed by atoms with E-state index in [1.165, 1.54) is 11.8 Å². The topological polar surface area (TPSA) is 54.0 Å². The van der Waals surface area contributed by atoms with Crippen molar-refractivity contribution in [3.05, 3.63) is 27.8 Å². The molecule has 1 rings (SSSR count). The summed E-state index contributed by atoms with van der Waals surface area (Å²) >= 11 is 1.41. The zero-order valence-electron chi connectivity index (χ0n) is 9.58. The van der Waals surface area contributed by atoms with Crippen molar-refractivity contribution in [3.8, 4) is 6.07 Å². The van der Waals surface area contributed by atoms with Crippen LogP contribution in [0.5, 0.6) is 0 Å². The Kier molecular flexibility index (Phi) is 5.13. The van der Waals surface area contributed by atoms with Crippen molar-refractivity contribution in [2.45, 2.75) is 37.5 Å². The van der Waals surface area contributed by atoms with Gasteiger partial charge in [-0.3, -0.25) is 0 Å². The Hall–Kier alpha value is -1.21. The van der Waals surface area contributed by atoms with Crippen LogP contribution in [0, 0.1) is 11.3 Å². The molecule has 0 fully saturated rings. The highest BCUT2D eigenvalue weighted by Crippen LogP contribution is 2.19. The van der Waals surface area contributed by atoms with Crippen molar-refractivity contribution in [3.63, 3.8) is 0 Å². The lowest BCUT2D eigenvalue weighted by atomic mass is 10.1. The third kappa shape index (κ3) is 3.14. The molecule has 1 aromatic heterocycles. The summed E-state index contributed by atoms with van der Waals surface area (Å²) in [5.41, 5.74) is -0.396. The fourth-order valence-electron chi connectivity index (χ4n) is 1.45. The largest absolute Gasteiger partial charge is 0.427 e. The minimum Gasteiger partial charge on any atom is -0.427 e. The van der Waals surface area contributed by atoms with E-state index in [-0.39, 0.29) is 5.56 Å². The summed E-state index contributed by atoms with van der Waals surface area (Å²) in [6, 6.07) is 3.69. The molecule has 0 amide bonds. The van der Waals surface area contributed by atoms with Crippen LogP contribution >= 0.6 is 11.8 Å². The molecule has 0 bridgehead atoms. The average molecular weight is 237 g/mol. The summed E-state index contributed by atoms with van der Waals surface area (Å²) in [6.07, 6.45) is 5.89. The monoisotopic (exact) mass is 237 g/mol. The summed E-state index contributed by atoms with van der Waals surface area (Å²) in [7, 11) is 0. The number of rotatable bonds is 5. The molecule has 1 heterocycles. The van der Waals surface area contributed by atoms with Gasteiger partial charge in [0.25, 0.3) is 0 Å². The molecule has 0 aliphatic heterocycles. The van der Waals surface area contributed by atoms with E-state index in [0.29, 0.717) is 10.7 Å². The van der Waals surface area contributed by atoms with Crippen LogP contribution in [0.15, 0.2) is 20.2 Å². The summed E-state index contributed by atoms with van der Waals surface area (Å²) in [5.74, 6) is 0.682. The normalized spacial score (nSPS) is 10.1. The van der Waals surface area contributed by atoms with Crippen molar-refractivity contribution in [2.75, 3.05) is 6.26 Å². The van der Waals surface area contributed by atoms with Gasteiger partial charge in [0.05, 0.1) is 0 Å². The number of aryl methyl sites for hydroxylation is 1. The molecule has 0 unspecified atom stereocenters. The first-order chi connectivity index (χ1) is 7.72. The molecule has 16 heavy (non-hydrogen) atoms. The molecule has 0 aliphatic carbocycles.